The van der Waals surface area contributed by atoms with Gasteiger partial charge in [-0.25, -0.2) is 0 Å². The first-order chi connectivity index (χ1) is 35.4. The molecular formula is C66H128O6. The van der Waals surface area contributed by atoms with E-state index in [0.29, 0.717) is 19.3 Å². The molecule has 0 fully saturated rings. The molecule has 0 amide bonds. The van der Waals surface area contributed by atoms with Gasteiger partial charge in [0.25, 0.3) is 0 Å². The molecule has 0 aromatic rings. The zero-order chi connectivity index (χ0) is 52.3. The van der Waals surface area contributed by atoms with Crippen molar-refractivity contribution in [3.63, 3.8) is 0 Å². The van der Waals surface area contributed by atoms with Gasteiger partial charge in [0.1, 0.15) is 13.2 Å². The van der Waals surface area contributed by atoms with E-state index in [0.717, 1.165) is 63.7 Å². The molecule has 0 unspecified atom stereocenters. The van der Waals surface area contributed by atoms with Gasteiger partial charge in [-0.2, -0.15) is 0 Å². The second-order valence-electron chi connectivity index (χ2n) is 23.2. The van der Waals surface area contributed by atoms with Crippen LogP contribution in [0.15, 0.2) is 0 Å². The highest BCUT2D eigenvalue weighted by molar-refractivity contribution is 5.71. The molecule has 428 valence electrons. The summed E-state index contributed by atoms with van der Waals surface area (Å²) >= 11 is 0. The Balaban J connectivity index is 4.28. The number of rotatable bonds is 61. The van der Waals surface area contributed by atoms with Gasteiger partial charge >= 0.3 is 17.9 Å². The Hall–Kier alpha value is -1.59. The average Bonchev–Trinajstić information content (AvgIpc) is 3.37. The number of carbonyl (C=O) groups is 3. The lowest BCUT2D eigenvalue weighted by molar-refractivity contribution is -0.167. The van der Waals surface area contributed by atoms with Crippen molar-refractivity contribution >= 4 is 17.9 Å². The predicted molar refractivity (Wildman–Crippen MR) is 312 cm³/mol. The Morgan fingerprint density at radius 3 is 0.681 bits per heavy atom. The summed E-state index contributed by atoms with van der Waals surface area (Å²) in [4.78, 5) is 38.4. The van der Waals surface area contributed by atoms with Crippen LogP contribution in [0, 0.1) is 5.92 Å². The van der Waals surface area contributed by atoms with Crippen molar-refractivity contribution in [2.75, 3.05) is 13.2 Å². The summed E-state index contributed by atoms with van der Waals surface area (Å²) in [5.41, 5.74) is 0. The lowest BCUT2D eigenvalue weighted by atomic mass is 10.0. The van der Waals surface area contributed by atoms with Crippen LogP contribution >= 0.6 is 0 Å². The van der Waals surface area contributed by atoms with E-state index >= 15 is 0 Å². The van der Waals surface area contributed by atoms with E-state index in [1.54, 1.807) is 0 Å². The van der Waals surface area contributed by atoms with Crippen LogP contribution in [0.1, 0.15) is 381 Å². The Morgan fingerprint density at radius 2 is 0.458 bits per heavy atom. The highest BCUT2D eigenvalue weighted by Gasteiger charge is 2.19. The fourth-order valence-corrected chi connectivity index (χ4v) is 10.3. The average molecular weight is 1020 g/mol. The van der Waals surface area contributed by atoms with Gasteiger partial charge in [0.05, 0.1) is 0 Å². The molecule has 6 nitrogen and oxygen atoms in total. The fraction of sp³-hybridized carbons (Fsp3) is 0.955. The molecule has 72 heavy (non-hydrogen) atoms. The van der Waals surface area contributed by atoms with Crippen LogP contribution in [0.4, 0.5) is 0 Å². The van der Waals surface area contributed by atoms with E-state index in [4.69, 9.17) is 14.2 Å². The van der Waals surface area contributed by atoms with Crippen molar-refractivity contribution in [3.05, 3.63) is 0 Å². The van der Waals surface area contributed by atoms with E-state index in [9.17, 15) is 14.4 Å². The monoisotopic (exact) mass is 1020 g/mol. The molecule has 0 aromatic heterocycles. The van der Waals surface area contributed by atoms with E-state index in [1.807, 2.05) is 0 Å². The zero-order valence-electron chi connectivity index (χ0n) is 49.4. The minimum absolute atomic E-state index is 0.0610. The van der Waals surface area contributed by atoms with Gasteiger partial charge in [-0.05, 0) is 25.2 Å². The lowest BCUT2D eigenvalue weighted by Crippen LogP contribution is -2.30. The van der Waals surface area contributed by atoms with Gasteiger partial charge in [0.15, 0.2) is 6.10 Å². The fourth-order valence-electron chi connectivity index (χ4n) is 10.3. The Labute approximate surface area is 450 Å². The summed E-state index contributed by atoms with van der Waals surface area (Å²) in [6.45, 7) is 9.10. The number of ether oxygens (including phenoxy) is 3. The van der Waals surface area contributed by atoms with Crippen LogP contribution in [-0.2, 0) is 28.6 Å². The number of esters is 3. The molecule has 0 aromatic carbocycles. The third-order valence-electron chi connectivity index (χ3n) is 15.3. The van der Waals surface area contributed by atoms with Crippen molar-refractivity contribution in [3.8, 4) is 0 Å². The van der Waals surface area contributed by atoms with Crippen LogP contribution in [0.25, 0.3) is 0 Å². The van der Waals surface area contributed by atoms with Crippen LogP contribution in [0.2, 0.25) is 0 Å². The van der Waals surface area contributed by atoms with Crippen molar-refractivity contribution in [1.82, 2.24) is 0 Å². The predicted octanol–water partition coefficient (Wildman–Crippen LogP) is 22.1. The highest BCUT2D eigenvalue weighted by atomic mass is 16.6. The molecule has 0 aliphatic carbocycles. The van der Waals surface area contributed by atoms with Crippen molar-refractivity contribution < 1.29 is 28.6 Å². The maximum Gasteiger partial charge on any atom is 0.306 e. The molecule has 0 radical (unpaired) electrons. The minimum atomic E-state index is -0.763. The molecule has 0 bridgehead atoms. The zero-order valence-corrected chi connectivity index (χ0v) is 49.4. The molecule has 0 saturated carbocycles. The summed E-state index contributed by atoms with van der Waals surface area (Å²) in [7, 11) is 0. The van der Waals surface area contributed by atoms with Gasteiger partial charge in [0.2, 0.25) is 0 Å². The molecule has 0 spiro atoms. The first-order valence-electron chi connectivity index (χ1n) is 32.9. The first-order valence-corrected chi connectivity index (χ1v) is 32.9. The van der Waals surface area contributed by atoms with Gasteiger partial charge in [-0.3, -0.25) is 14.4 Å². The molecule has 0 rings (SSSR count). The van der Waals surface area contributed by atoms with Crippen LogP contribution < -0.4 is 0 Å². The molecule has 0 aliphatic rings. The Kier molecular flexibility index (Phi) is 58.9. The molecule has 1 atom stereocenters. The molecule has 0 aliphatic heterocycles. The van der Waals surface area contributed by atoms with Gasteiger partial charge in [0, 0.05) is 19.3 Å². The van der Waals surface area contributed by atoms with E-state index in [2.05, 4.69) is 27.7 Å². The summed E-state index contributed by atoms with van der Waals surface area (Å²) in [6, 6.07) is 0. The highest BCUT2D eigenvalue weighted by Crippen LogP contribution is 2.19. The number of carbonyl (C=O) groups excluding carboxylic acids is 3. The first kappa shape index (κ1) is 70.4. The van der Waals surface area contributed by atoms with Crippen molar-refractivity contribution in [2.24, 2.45) is 5.92 Å². The number of hydrogen-bond acceptors (Lipinski definition) is 6. The second kappa shape index (κ2) is 60.3. The number of hydrogen-bond donors (Lipinski definition) is 0. The topological polar surface area (TPSA) is 78.9 Å². The van der Waals surface area contributed by atoms with Crippen LogP contribution in [0.5, 0.6) is 0 Å². The molecule has 0 heterocycles. The van der Waals surface area contributed by atoms with E-state index < -0.39 is 6.10 Å². The molecule has 0 saturated heterocycles. The molecule has 0 N–H and O–H groups in total. The Bertz CT molecular complexity index is 1090. The summed E-state index contributed by atoms with van der Waals surface area (Å²) in [6.07, 6.45) is 68.2. The SMILES string of the molecule is CCCCCCCCCCCCCCCCCCCCCC(=O)OC[C@H](COC(=O)CCCCCCCCCCCCCCCCCCCC)OC(=O)CCCCCCCCCCCCCCCCC(C)C. The van der Waals surface area contributed by atoms with Crippen molar-refractivity contribution in [1.29, 1.82) is 0 Å². The maximum absolute atomic E-state index is 12.9. The largest absolute Gasteiger partial charge is 0.462 e. The lowest BCUT2D eigenvalue weighted by Gasteiger charge is -2.18. The molecular weight excluding hydrogens is 889 g/mol. The standard InChI is InChI=1S/C66H128O6/c1-5-7-9-11-13-15-17-19-21-23-25-27-29-34-38-42-46-50-54-58-65(68)71-61-63(72-66(69)59-55-51-47-43-39-35-31-30-32-36-40-44-48-52-56-62(3)4)60-70-64(67)57-53-49-45-41-37-33-28-26-24-22-20-18-16-14-12-10-8-6-2/h62-63H,5-61H2,1-4H3/t63-/m0/s1. The van der Waals surface area contributed by atoms with Crippen LogP contribution in [-0.4, -0.2) is 37.2 Å². The quantitative estimate of drug-likeness (QED) is 0.0343. The summed E-state index contributed by atoms with van der Waals surface area (Å²) < 4.78 is 17.0. The minimum Gasteiger partial charge on any atom is -0.462 e. The summed E-state index contributed by atoms with van der Waals surface area (Å²) in [5, 5.41) is 0. The van der Waals surface area contributed by atoms with Crippen molar-refractivity contribution in [2.45, 2.75) is 387 Å². The Morgan fingerprint density at radius 1 is 0.264 bits per heavy atom. The third kappa shape index (κ3) is 59.3. The van der Waals surface area contributed by atoms with E-state index in [-0.39, 0.29) is 31.1 Å². The van der Waals surface area contributed by atoms with Gasteiger partial charge in [-0.15, -0.1) is 0 Å². The summed E-state index contributed by atoms with van der Waals surface area (Å²) in [5.74, 6) is 0.0179. The third-order valence-corrected chi connectivity index (χ3v) is 15.3. The van der Waals surface area contributed by atoms with Gasteiger partial charge < -0.3 is 14.2 Å². The maximum atomic E-state index is 12.9. The molecule has 6 heteroatoms. The van der Waals surface area contributed by atoms with Crippen LogP contribution in [0.3, 0.4) is 0 Å². The normalized spacial score (nSPS) is 12.0. The van der Waals surface area contributed by atoms with E-state index in [1.165, 1.54) is 276 Å². The number of unbranched alkanes of at least 4 members (excludes halogenated alkanes) is 48. The smallest absolute Gasteiger partial charge is 0.306 e. The second-order valence-corrected chi connectivity index (χ2v) is 23.2. The van der Waals surface area contributed by atoms with Gasteiger partial charge in [-0.1, -0.05) is 342 Å².